The van der Waals surface area contributed by atoms with E-state index in [9.17, 15) is 0 Å². The van der Waals surface area contributed by atoms with Crippen LogP contribution in [0.15, 0.2) is 18.3 Å². The lowest BCUT2D eigenvalue weighted by molar-refractivity contribution is 0.235. The Bertz CT molecular complexity index is 327. The maximum atomic E-state index is 9.03. The molecule has 0 radical (unpaired) electrons. The summed E-state index contributed by atoms with van der Waals surface area (Å²) in [7, 11) is 0. The first-order valence-corrected chi connectivity index (χ1v) is 5.62. The second kappa shape index (κ2) is 4.73. The van der Waals surface area contributed by atoms with E-state index < -0.39 is 0 Å². The van der Waals surface area contributed by atoms with Gasteiger partial charge in [0.15, 0.2) is 0 Å². The highest BCUT2D eigenvalue weighted by Crippen LogP contribution is 2.27. The molecule has 1 aliphatic carbocycles. The van der Waals surface area contributed by atoms with Gasteiger partial charge in [0.05, 0.1) is 18.3 Å². The molecule has 0 amide bonds. The van der Waals surface area contributed by atoms with Crippen LogP contribution < -0.4 is 5.32 Å². The molecule has 2 rings (SSSR count). The maximum absolute atomic E-state index is 9.03. The van der Waals surface area contributed by atoms with E-state index in [1.165, 1.54) is 17.7 Å². The number of nitrogens with one attached hydrogen (secondary N) is 1. The molecule has 82 valence electrons. The van der Waals surface area contributed by atoms with Gasteiger partial charge in [-0.25, -0.2) is 0 Å². The number of aryl methyl sites for hydroxylation is 1. The van der Waals surface area contributed by atoms with E-state index in [-0.39, 0.29) is 12.6 Å². The summed E-state index contributed by atoms with van der Waals surface area (Å²) in [6.45, 7) is 2.18. The van der Waals surface area contributed by atoms with Gasteiger partial charge < -0.3 is 10.4 Å². The van der Waals surface area contributed by atoms with Gasteiger partial charge in [0.1, 0.15) is 0 Å². The molecule has 0 aliphatic heterocycles. The van der Waals surface area contributed by atoms with Crippen LogP contribution in [-0.2, 0) is 6.42 Å². The summed E-state index contributed by atoms with van der Waals surface area (Å²) in [5, 5.41) is 12.4. The van der Waals surface area contributed by atoms with Crippen molar-refractivity contribution in [2.75, 3.05) is 6.61 Å². The Hall–Kier alpha value is -0.930. The first-order chi connectivity index (χ1) is 7.31. The number of fused-ring (bicyclic) bond motifs is 1. The third kappa shape index (κ3) is 2.36. The van der Waals surface area contributed by atoms with Crippen molar-refractivity contribution < 1.29 is 5.11 Å². The van der Waals surface area contributed by atoms with Crippen LogP contribution in [0.2, 0.25) is 0 Å². The zero-order chi connectivity index (χ0) is 10.7. The van der Waals surface area contributed by atoms with Gasteiger partial charge in [-0.3, -0.25) is 4.98 Å². The van der Waals surface area contributed by atoms with Crippen molar-refractivity contribution in [2.45, 2.75) is 38.3 Å². The van der Waals surface area contributed by atoms with E-state index in [0.717, 1.165) is 12.8 Å². The van der Waals surface area contributed by atoms with Crippen molar-refractivity contribution in [2.24, 2.45) is 0 Å². The molecule has 3 heteroatoms. The number of aromatic nitrogens is 1. The van der Waals surface area contributed by atoms with Crippen molar-refractivity contribution in [3.8, 4) is 0 Å². The lowest BCUT2D eigenvalue weighted by atomic mass is 9.91. The third-order valence-corrected chi connectivity index (χ3v) is 2.95. The molecule has 15 heavy (non-hydrogen) atoms. The highest BCUT2D eigenvalue weighted by atomic mass is 16.3. The van der Waals surface area contributed by atoms with Crippen LogP contribution in [-0.4, -0.2) is 22.7 Å². The fourth-order valence-corrected chi connectivity index (χ4v) is 2.17. The Morgan fingerprint density at radius 1 is 1.67 bits per heavy atom. The Labute approximate surface area is 90.5 Å². The second-order valence-corrected chi connectivity index (χ2v) is 4.24. The number of nitrogens with zero attached hydrogens (tertiary/aromatic N) is 1. The zero-order valence-corrected chi connectivity index (χ0v) is 9.11. The van der Waals surface area contributed by atoms with E-state index in [2.05, 4.69) is 16.4 Å². The number of pyridine rings is 1. The highest BCUT2D eigenvalue weighted by molar-refractivity contribution is 5.25. The smallest absolute Gasteiger partial charge is 0.0605 e. The summed E-state index contributed by atoms with van der Waals surface area (Å²) < 4.78 is 0. The molecule has 0 bridgehead atoms. The normalized spacial score (nSPS) is 22.1. The summed E-state index contributed by atoms with van der Waals surface area (Å²) in [6, 6.07) is 4.61. The first kappa shape index (κ1) is 10.6. The topological polar surface area (TPSA) is 45.1 Å². The summed E-state index contributed by atoms with van der Waals surface area (Å²) in [6.07, 6.45) is 5.31. The number of hydrogen-bond acceptors (Lipinski definition) is 3. The van der Waals surface area contributed by atoms with E-state index in [4.69, 9.17) is 5.11 Å². The minimum Gasteiger partial charge on any atom is -0.395 e. The summed E-state index contributed by atoms with van der Waals surface area (Å²) in [5.41, 5.74) is 2.52. The van der Waals surface area contributed by atoms with Crippen molar-refractivity contribution in [1.29, 1.82) is 0 Å². The standard InChI is InChI=1S/C12H18N2O/c1-9(8-15)14-11-6-2-4-10-5-3-7-13-12(10)11/h3,5,7,9,11,14-15H,2,4,6,8H2,1H3. The van der Waals surface area contributed by atoms with E-state index in [1.807, 2.05) is 19.2 Å². The Balaban J connectivity index is 2.15. The monoisotopic (exact) mass is 206 g/mol. The van der Waals surface area contributed by atoms with Gasteiger partial charge in [-0.05, 0) is 37.8 Å². The van der Waals surface area contributed by atoms with Crippen molar-refractivity contribution in [3.05, 3.63) is 29.6 Å². The van der Waals surface area contributed by atoms with E-state index in [0.29, 0.717) is 6.04 Å². The fourth-order valence-electron chi connectivity index (χ4n) is 2.17. The molecule has 2 atom stereocenters. The molecular formula is C12H18N2O. The van der Waals surface area contributed by atoms with Crippen molar-refractivity contribution in [1.82, 2.24) is 10.3 Å². The zero-order valence-electron chi connectivity index (χ0n) is 9.11. The van der Waals surface area contributed by atoms with E-state index >= 15 is 0 Å². The molecule has 3 nitrogen and oxygen atoms in total. The number of rotatable bonds is 3. The molecule has 0 fully saturated rings. The van der Waals surface area contributed by atoms with Gasteiger partial charge in [-0.2, -0.15) is 0 Å². The van der Waals surface area contributed by atoms with E-state index in [1.54, 1.807) is 0 Å². The molecule has 2 unspecified atom stereocenters. The van der Waals surface area contributed by atoms with Crippen LogP contribution in [0.3, 0.4) is 0 Å². The summed E-state index contributed by atoms with van der Waals surface area (Å²) in [4.78, 5) is 4.44. The summed E-state index contributed by atoms with van der Waals surface area (Å²) >= 11 is 0. The summed E-state index contributed by atoms with van der Waals surface area (Å²) in [5.74, 6) is 0. The van der Waals surface area contributed by atoms with Gasteiger partial charge in [0, 0.05) is 12.2 Å². The average Bonchev–Trinajstić information content (AvgIpc) is 2.29. The molecule has 0 saturated carbocycles. The largest absolute Gasteiger partial charge is 0.395 e. The van der Waals surface area contributed by atoms with Gasteiger partial charge in [0.25, 0.3) is 0 Å². The van der Waals surface area contributed by atoms with Gasteiger partial charge >= 0.3 is 0 Å². The molecule has 2 N–H and O–H groups in total. The third-order valence-electron chi connectivity index (χ3n) is 2.95. The van der Waals surface area contributed by atoms with Crippen LogP contribution in [0.4, 0.5) is 0 Å². The van der Waals surface area contributed by atoms with Gasteiger partial charge in [-0.15, -0.1) is 0 Å². The van der Waals surface area contributed by atoms with Crippen LogP contribution in [0.1, 0.15) is 37.1 Å². The average molecular weight is 206 g/mol. The molecule has 1 aliphatic rings. The number of hydrogen-bond donors (Lipinski definition) is 2. The Morgan fingerprint density at radius 3 is 3.33 bits per heavy atom. The van der Waals surface area contributed by atoms with Crippen molar-refractivity contribution in [3.63, 3.8) is 0 Å². The molecule has 0 spiro atoms. The van der Waals surface area contributed by atoms with Crippen molar-refractivity contribution >= 4 is 0 Å². The Kier molecular flexibility index (Phi) is 3.34. The SMILES string of the molecule is CC(CO)NC1CCCc2cccnc21. The van der Waals surface area contributed by atoms with Crippen LogP contribution in [0, 0.1) is 0 Å². The Morgan fingerprint density at radius 2 is 2.53 bits per heavy atom. The second-order valence-electron chi connectivity index (χ2n) is 4.24. The molecule has 1 aromatic heterocycles. The molecule has 1 heterocycles. The first-order valence-electron chi connectivity index (χ1n) is 5.62. The van der Waals surface area contributed by atoms with Crippen LogP contribution in [0.25, 0.3) is 0 Å². The predicted molar refractivity (Wildman–Crippen MR) is 59.6 cm³/mol. The van der Waals surface area contributed by atoms with Gasteiger partial charge in [-0.1, -0.05) is 6.07 Å². The van der Waals surface area contributed by atoms with Gasteiger partial charge in [0.2, 0.25) is 0 Å². The quantitative estimate of drug-likeness (QED) is 0.786. The molecule has 0 aromatic carbocycles. The number of aliphatic hydroxyl groups is 1. The number of aliphatic hydroxyl groups excluding tert-OH is 1. The lowest BCUT2D eigenvalue weighted by Crippen LogP contribution is -2.35. The lowest BCUT2D eigenvalue weighted by Gasteiger charge is -2.27. The molecule has 1 aromatic rings. The molecular weight excluding hydrogens is 188 g/mol. The molecule has 0 saturated heterocycles. The highest BCUT2D eigenvalue weighted by Gasteiger charge is 2.21. The van der Waals surface area contributed by atoms with Crippen LogP contribution in [0.5, 0.6) is 0 Å². The maximum Gasteiger partial charge on any atom is 0.0605 e. The minimum absolute atomic E-state index is 0.142. The minimum atomic E-state index is 0.142. The van der Waals surface area contributed by atoms with Crippen LogP contribution >= 0.6 is 0 Å². The predicted octanol–water partition coefficient (Wildman–Crippen LogP) is 1.43. The fraction of sp³-hybridized carbons (Fsp3) is 0.583.